The van der Waals surface area contributed by atoms with Gasteiger partial charge in [-0.1, -0.05) is 12.1 Å². The molecule has 0 spiro atoms. The van der Waals surface area contributed by atoms with Gasteiger partial charge >= 0.3 is 0 Å². The van der Waals surface area contributed by atoms with Crippen LogP contribution in [0.15, 0.2) is 24.3 Å². The van der Waals surface area contributed by atoms with E-state index in [1.54, 1.807) is 6.07 Å². The lowest BCUT2D eigenvalue weighted by molar-refractivity contribution is -0.122. The quantitative estimate of drug-likeness (QED) is 0.841. The third-order valence-electron chi connectivity index (χ3n) is 3.14. The van der Waals surface area contributed by atoms with Gasteiger partial charge < -0.3 is 10.6 Å². The third-order valence-corrected chi connectivity index (χ3v) is 3.14. The van der Waals surface area contributed by atoms with Crippen molar-refractivity contribution in [3.63, 3.8) is 0 Å². The predicted octanol–water partition coefficient (Wildman–Crippen LogP) is 1.32. The molecule has 2 N–H and O–H groups in total. The Kier molecular flexibility index (Phi) is 4.32. The Morgan fingerprint density at radius 1 is 1.44 bits per heavy atom. The van der Waals surface area contributed by atoms with Crippen LogP contribution in [0.25, 0.3) is 0 Å². The fraction of sp³-hybridized carbons (Fsp3) is 0.429. The molecule has 4 heteroatoms. The second-order valence-corrected chi connectivity index (χ2v) is 4.53. The fourth-order valence-electron chi connectivity index (χ4n) is 2.13. The smallest absolute Gasteiger partial charge is 0.237 e. The number of nitriles is 1. The minimum Gasteiger partial charge on any atom is -0.355 e. The van der Waals surface area contributed by atoms with E-state index >= 15 is 0 Å². The molecule has 18 heavy (non-hydrogen) atoms. The molecule has 0 radical (unpaired) electrons. The van der Waals surface area contributed by atoms with Crippen molar-refractivity contribution in [2.45, 2.75) is 31.8 Å². The van der Waals surface area contributed by atoms with Crippen LogP contribution in [-0.2, 0) is 11.3 Å². The molecule has 4 nitrogen and oxygen atoms in total. The molecule has 0 unspecified atom stereocenters. The number of nitrogens with zero attached hydrogens (tertiary/aromatic N) is 1. The van der Waals surface area contributed by atoms with Gasteiger partial charge in [0.2, 0.25) is 5.91 Å². The molecule has 1 aromatic carbocycles. The van der Waals surface area contributed by atoms with E-state index in [9.17, 15) is 4.79 Å². The Morgan fingerprint density at radius 3 is 3.17 bits per heavy atom. The van der Waals surface area contributed by atoms with Crippen LogP contribution in [0.1, 0.15) is 30.4 Å². The van der Waals surface area contributed by atoms with Crippen molar-refractivity contribution in [1.29, 1.82) is 5.26 Å². The van der Waals surface area contributed by atoms with E-state index in [-0.39, 0.29) is 11.9 Å². The molecule has 1 amide bonds. The van der Waals surface area contributed by atoms with Crippen molar-refractivity contribution in [2.75, 3.05) is 6.54 Å². The second-order valence-electron chi connectivity index (χ2n) is 4.53. The molecular formula is C14H17N3O. The van der Waals surface area contributed by atoms with E-state index in [1.165, 1.54) is 0 Å². The van der Waals surface area contributed by atoms with Crippen LogP contribution in [0.2, 0.25) is 0 Å². The average molecular weight is 243 g/mol. The first-order chi connectivity index (χ1) is 8.79. The van der Waals surface area contributed by atoms with Gasteiger partial charge in [0.25, 0.3) is 0 Å². The minimum absolute atomic E-state index is 0.0870. The molecule has 1 atom stereocenters. The van der Waals surface area contributed by atoms with Gasteiger partial charge in [0, 0.05) is 13.1 Å². The van der Waals surface area contributed by atoms with Crippen LogP contribution in [0.3, 0.4) is 0 Å². The monoisotopic (exact) mass is 243 g/mol. The van der Waals surface area contributed by atoms with E-state index in [0.29, 0.717) is 12.1 Å². The zero-order valence-electron chi connectivity index (χ0n) is 10.3. The summed E-state index contributed by atoms with van der Waals surface area (Å²) in [6, 6.07) is 9.46. The van der Waals surface area contributed by atoms with Crippen LogP contribution in [0.5, 0.6) is 0 Å². The van der Waals surface area contributed by atoms with E-state index < -0.39 is 0 Å². The molecule has 1 heterocycles. The van der Waals surface area contributed by atoms with Crippen molar-refractivity contribution in [3.05, 3.63) is 35.4 Å². The molecule has 0 saturated carbocycles. The first kappa shape index (κ1) is 12.6. The number of carbonyl (C=O) groups is 1. The average Bonchev–Trinajstić information content (AvgIpc) is 2.61. The van der Waals surface area contributed by atoms with Gasteiger partial charge in [-0.3, -0.25) is 4.79 Å². The first-order valence-electron chi connectivity index (χ1n) is 6.30. The van der Waals surface area contributed by atoms with Crippen molar-refractivity contribution < 1.29 is 4.79 Å². The summed E-state index contributed by atoms with van der Waals surface area (Å²) in [6.07, 6.45) is 2.99. The number of benzene rings is 1. The second kappa shape index (κ2) is 6.18. The van der Waals surface area contributed by atoms with E-state index in [1.807, 2.05) is 18.2 Å². The molecule has 0 aliphatic carbocycles. The van der Waals surface area contributed by atoms with Crippen molar-refractivity contribution in [3.8, 4) is 6.07 Å². The van der Waals surface area contributed by atoms with Gasteiger partial charge in [0.05, 0.1) is 17.7 Å². The summed E-state index contributed by atoms with van der Waals surface area (Å²) < 4.78 is 0. The van der Waals surface area contributed by atoms with Crippen LogP contribution in [0.4, 0.5) is 0 Å². The molecule has 1 saturated heterocycles. The normalized spacial score (nSPS) is 19.7. The number of carbonyl (C=O) groups excluding carboxylic acids is 1. The van der Waals surface area contributed by atoms with Gasteiger partial charge in [0.15, 0.2) is 0 Å². The van der Waals surface area contributed by atoms with E-state index in [4.69, 9.17) is 5.26 Å². The van der Waals surface area contributed by atoms with Crippen LogP contribution in [-0.4, -0.2) is 18.5 Å². The standard InChI is InChI=1S/C14H17N3O/c15-9-11-4-3-5-12(8-11)10-17-13-6-1-2-7-16-14(13)18/h3-5,8,13,17H,1-2,6-7,10H2,(H,16,18)/t13-/m1/s1. The van der Waals surface area contributed by atoms with Crippen LogP contribution >= 0.6 is 0 Å². The SMILES string of the molecule is N#Cc1cccc(CN[C@@H]2CCCCNC2=O)c1. The molecule has 94 valence electrons. The maximum absolute atomic E-state index is 11.7. The minimum atomic E-state index is -0.113. The predicted molar refractivity (Wildman–Crippen MR) is 68.6 cm³/mol. The Morgan fingerprint density at radius 2 is 2.33 bits per heavy atom. The summed E-state index contributed by atoms with van der Waals surface area (Å²) in [5.41, 5.74) is 1.69. The summed E-state index contributed by atoms with van der Waals surface area (Å²) >= 11 is 0. The highest BCUT2D eigenvalue weighted by atomic mass is 16.2. The molecule has 0 bridgehead atoms. The number of hydrogen-bond donors (Lipinski definition) is 2. The topological polar surface area (TPSA) is 64.9 Å². The maximum atomic E-state index is 11.7. The van der Waals surface area contributed by atoms with Crippen LogP contribution < -0.4 is 10.6 Å². The van der Waals surface area contributed by atoms with Gasteiger partial charge in [-0.05, 0) is 37.0 Å². The summed E-state index contributed by atoms with van der Waals surface area (Å²) in [5.74, 6) is 0.0870. The summed E-state index contributed by atoms with van der Waals surface area (Å²) in [5, 5.41) is 15.0. The number of rotatable bonds is 3. The van der Waals surface area contributed by atoms with Gasteiger partial charge in [-0.25, -0.2) is 0 Å². The molecule has 1 fully saturated rings. The Balaban J connectivity index is 1.93. The zero-order chi connectivity index (χ0) is 12.8. The number of hydrogen-bond acceptors (Lipinski definition) is 3. The van der Waals surface area contributed by atoms with Crippen molar-refractivity contribution in [1.82, 2.24) is 10.6 Å². The molecule has 1 aliphatic heterocycles. The van der Waals surface area contributed by atoms with Crippen molar-refractivity contribution in [2.24, 2.45) is 0 Å². The maximum Gasteiger partial charge on any atom is 0.237 e. The third kappa shape index (κ3) is 3.31. The fourth-order valence-corrected chi connectivity index (χ4v) is 2.13. The number of amides is 1. The Labute approximate surface area is 107 Å². The largest absolute Gasteiger partial charge is 0.355 e. The molecular weight excluding hydrogens is 226 g/mol. The lowest BCUT2D eigenvalue weighted by atomic mass is 10.1. The summed E-state index contributed by atoms with van der Waals surface area (Å²) in [6.45, 7) is 1.40. The zero-order valence-corrected chi connectivity index (χ0v) is 10.3. The highest BCUT2D eigenvalue weighted by Crippen LogP contribution is 2.08. The summed E-state index contributed by atoms with van der Waals surface area (Å²) in [4.78, 5) is 11.7. The van der Waals surface area contributed by atoms with Crippen molar-refractivity contribution >= 4 is 5.91 Å². The molecule has 2 rings (SSSR count). The number of nitrogens with one attached hydrogen (secondary N) is 2. The Hall–Kier alpha value is -1.86. The Bertz CT molecular complexity index is 464. The van der Waals surface area contributed by atoms with Crippen LogP contribution in [0, 0.1) is 11.3 Å². The lowest BCUT2D eigenvalue weighted by Crippen LogP contribution is -2.42. The molecule has 1 aliphatic rings. The van der Waals surface area contributed by atoms with E-state index in [0.717, 1.165) is 31.4 Å². The molecule has 0 aromatic heterocycles. The van der Waals surface area contributed by atoms with Gasteiger partial charge in [-0.15, -0.1) is 0 Å². The van der Waals surface area contributed by atoms with Gasteiger partial charge in [0.1, 0.15) is 0 Å². The summed E-state index contributed by atoms with van der Waals surface area (Å²) in [7, 11) is 0. The lowest BCUT2D eigenvalue weighted by Gasteiger charge is -2.15. The molecule has 1 aromatic rings. The van der Waals surface area contributed by atoms with E-state index in [2.05, 4.69) is 16.7 Å². The highest BCUT2D eigenvalue weighted by molar-refractivity contribution is 5.81. The highest BCUT2D eigenvalue weighted by Gasteiger charge is 2.19. The van der Waals surface area contributed by atoms with Gasteiger partial charge in [-0.2, -0.15) is 5.26 Å². The first-order valence-corrected chi connectivity index (χ1v) is 6.30.